The molecule has 4 nitrogen and oxygen atoms in total. The van der Waals surface area contributed by atoms with Gasteiger partial charge in [0, 0.05) is 25.2 Å². The van der Waals surface area contributed by atoms with Crippen molar-refractivity contribution >= 4 is 5.97 Å². The van der Waals surface area contributed by atoms with Crippen molar-refractivity contribution in [3.05, 3.63) is 71.8 Å². The van der Waals surface area contributed by atoms with Crippen LogP contribution in [-0.2, 0) is 21.6 Å². The smallest absolute Gasteiger partial charge is 0.343 e. The van der Waals surface area contributed by atoms with E-state index in [0.717, 1.165) is 62.5 Å². The van der Waals surface area contributed by atoms with E-state index in [1.807, 2.05) is 30.3 Å². The number of carbonyl (C=O) groups excluding carboxylic acids is 1. The first-order valence-electron chi connectivity index (χ1n) is 11.9. The number of quaternary nitrogens is 1. The molecule has 0 bridgehead atoms. The molecule has 0 spiro atoms. The van der Waals surface area contributed by atoms with Crippen LogP contribution in [0.5, 0.6) is 0 Å². The first kappa shape index (κ1) is 22.0. The Labute approximate surface area is 186 Å². The lowest BCUT2D eigenvalue weighted by Crippen LogP contribution is -2.52. The van der Waals surface area contributed by atoms with Crippen molar-refractivity contribution in [3.63, 3.8) is 0 Å². The molecule has 1 aliphatic carbocycles. The molecule has 1 heterocycles. The second kappa shape index (κ2) is 9.54. The van der Waals surface area contributed by atoms with Crippen molar-refractivity contribution < 1.29 is 19.1 Å². The van der Waals surface area contributed by atoms with Gasteiger partial charge in [0.25, 0.3) is 0 Å². The molecular formula is C27H36NO3+. The first-order valence-corrected chi connectivity index (χ1v) is 11.9. The van der Waals surface area contributed by atoms with Gasteiger partial charge in [-0.15, -0.1) is 0 Å². The lowest BCUT2D eigenvalue weighted by molar-refractivity contribution is -0.921. The molecule has 4 heteroatoms. The third kappa shape index (κ3) is 4.70. The third-order valence-electron chi connectivity index (χ3n) is 7.72. The Balaban J connectivity index is 1.43. The quantitative estimate of drug-likeness (QED) is 0.505. The van der Waals surface area contributed by atoms with Crippen LogP contribution < -0.4 is 0 Å². The molecule has 2 unspecified atom stereocenters. The van der Waals surface area contributed by atoms with Gasteiger partial charge in [-0.1, -0.05) is 73.5 Å². The molecule has 31 heavy (non-hydrogen) atoms. The van der Waals surface area contributed by atoms with Gasteiger partial charge in [0.05, 0.1) is 20.1 Å². The Morgan fingerprint density at radius 2 is 1.65 bits per heavy atom. The van der Waals surface area contributed by atoms with Crippen LogP contribution in [0, 0.1) is 5.92 Å². The van der Waals surface area contributed by atoms with E-state index in [0.29, 0.717) is 12.2 Å². The molecule has 2 aliphatic rings. The molecular weight excluding hydrogens is 386 g/mol. The number of benzene rings is 2. The number of ether oxygens (including phenoxy) is 1. The fourth-order valence-corrected chi connectivity index (χ4v) is 5.61. The minimum atomic E-state index is -1.54. The number of esters is 1. The van der Waals surface area contributed by atoms with Crippen molar-refractivity contribution in [1.29, 1.82) is 0 Å². The minimum absolute atomic E-state index is 0.0649. The molecule has 3 atom stereocenters. The molecule has 0 aromatic heterocycles. The molecule has 2 fully saturated rings. The number of likely N-dealkylation sites (N-methyl/N-ethyl adjacent to an activating group) is 1. The second-order valence-electron chi connectivity index (χ2n) is 9.67. The standard InChI is InChI=1S/C27H36NO3/c1-28(20-18-22-11-4-2-5-12-22)19-10-17-25(28)21-31-26(29)27(30,24-15-8-9-16-24)23-13-6-3-7-14-23/h2-7,11-14,24-25,30H,8-10,15-21H2,1H3/q+1/t25?,27?,28-/m1/s1. The minimum Gasteiger partial charge on any atom is -0.457 e. The van der Waals surface area contributed by atoms with Gasteiger partial charge in [0.15, 0.2) is 5.60 Å². The molecule has 2 aromatic rings. The lowest BCUT2D eigenvalue weighted by atomic mass is 9.80. The zero-order valence-corrected chi connectivity index (χ0v) is 18.7. The summed E-state index contributed by atoms with van der Waals surface area (Å²) in [6, 6.07) is 20.3. The Bertz CT molecular complexity index is 849. The highest BCUT2D eigenvalue weighted by atomic mass is 16.6. The van der Waals surface area contributed by atoms with E-state index in [1.54, 1.807) is 0 Å². The number of aliphatic hydroxyl groups is 1. The molecule has 1 saturated carbocycles. The van der Waals surface area contributed by atoms with Gasteiger partial charge < -0.3 is 14.3 Å². The van der Waals surface area contributed by atoms with Crippen molar-refractivity contribution in [2.75, 3.05) is 26.7 Å². The largest absolute Gasteiger partial charge is 0.457 e. The maximum absolute atomic E-state index is 13.3. The Morgan fingerprint density at radius 3 is 2.32 bits per heavy atom. The van der Waals surface area contributed by atoms with Gasteiger partial charge in [-0.25, -0.2) is 4.79 Å². The van der Waals surface area contributed by atoms with E-state index in [1.165, 1.54) is 5.56 Å². The monoisotopic (exact) mass is 422 g/mol. The summed E-state index contributed by atoms with van der Waals surface area (Å²) >= 11 is 0. The van der Waals surface area contributed by atoms with E-state index in [-0.39, 0.29) is 12.0 Å². The second-order valence-corrected chi connectivity index (χ2v) is 9.67. The van der Waals surface area contributed by atoms with Crippen LogP contribution in [0.15, 0.2) is 60.7 Å². The summed E-state index contributed by atoms with van der Waals surface area (Å²) < 4.78 is 6.83. The van der Waals surface area contributed by atoms with Crippen LogP contribution in [-0.4, -0.2) is 48.3 Å². The van der Waals surface area contributed by atoms with Gasteiger partial charge in [-0.2, -0.15) is 0 Å². The molecule has 1 saturated heterocycles. The van der Waals surface area contributed by atoms with E-state index in [2.05, 4.69) is 37.4 Å². The van der Waals surface area contributed by atoms with Crippen LogP contribution in [0.4, 0.5) is 0 Å². The maximum Gasteiger partial charge on any atom is 0.343 e. The van der Waals surface area contributed by atoms with Crippen molar-refractivity contribution in [2.45, 2.75) is 56.6 Å². The number of carbonyl (C=O) groups is 1. The SMILES string of the molecule is C[N@+]1(CCc2ccccc2)CCCC1COC(=O)C(O)(c1ccccc1)C1CCCC1. The van der Waals surface area contributed by atoms with Crippen LogP contribution in [0.25, 0.3) is 0 Å². The summed E-state index contributed by atoms with van der Waals surface area (Å²) in [5.74, 6) is -0.531. The van der Waals surface area contributed by atoms with Gasteiger partial charge in [0.2, 0.25) is 0 Å². The third-order valence-corrected chi connectivity index (χ3v) is 7.72. The fourth-order valence-electron chi connectivity index (χ4n) is 5.61. The topological polar surface area (TPSA) is 46.5 Å². The average Bonchev–Trinajstić information content (AvgIpc) is 3.48. The predicted octanol–water partition coefficient (Wildman–Crippen LogP) is 4.46. The first-order chi connectivity index (χ1) is 15.0. The summed E-state index contributed by atoms with van der Waals surface area (Å²) in [7, 11) is 2.29. The molecule has 0 amide bonds. The van der Waals surface area contributed by atoms with E-state index in [4.69, 9.17) is 4.74 Å². The lowest BCUT2D eigenvalue weighted by Gasteiger charge is -2.37. The number of hydrogen-bond acceptors (Lipinski definition) is 3. The number of hydrogen-bond donors (Lipinski definition) is 1. The highest BCUT2D eigenvalue weighted by Gasteiger charge is 2.48. The molecule has 4 rings (SSSR count). The Morgan fingerprint density at radius 1 is 1.00 bits per heavy atom. The highest BCUT2D eigenvalue weighted by molar-refractivity contribution is 5.81. The van der Waals surface area contributed by atoms with Gasteiger partial charge in [-0.05, 0) is 24.0 Å². The van der Waals surface area contributed by atoms with E-state index < -0.39 is 11.6 Å². The number of nitrogens with zero attached hydrogens (tertiary/aromatic N) is 1. The van der Waals surface area contributed by atoms with Crippen LogP contribution in [0.2, 0.25) is 0 Å². The molecule has 0 radical (unpaired) electrons. The summed E-state index contributed by atoms with van der Waals surface area (Å²) in [4.78, 5) is 13.3. The number of rotatable bonds is 8. The van der Waals surface area contributed by atoms with Gasteiger partial charge in [0.1, 0.15) is 12.6 Å². The molecule has 166 valence electrons. The number of likely N-dealkylation sites (tertiary alicyclic amines) is 1. The van der Waals surface area contributed by atoms with Crippen molar-refractivity contribution in [2.24, 2.45) is 5.92 Å². The van der Waals surface area contributed by atoms with Crippen LogP contribution >= 0.6 is 0 Å². The summed E-state index contributed by atoms with van der Waals surface area (Å²) in [6.07, 6.45) is 7.10. The molecule has 1 aliphatic heterocycles. The van der Waals surface area contributed by atoms with Gasteiger partial charge >= 0.3 is 5.97 Å². The normalized spacial score (nSPS) is 25.9. The Kier molecular flexibility index (Phi) is 6.78. The van der Waals surface area contributed by atoms with Crippen LogP contribution in [0.1, 0.15) is 49.7 Å². The predicted molar refractivity (Wildman–Crippen MR) is 122 cm³/mol. The molecule has 1 N–H and O–H groups in total. The fraction of sp³-hybridized carbons (Fsp3) is 0.519. The Hall–Kier alpha value is -2.17. The van der Waals surface area contributed by atoms with Crippen molar-refractivity contribution in [1.82, 2.24) is 0 Å². The summed E-state index contributed by atoms with van der Waals surface area (Å²) in [6.45, 7) is 2.53. The van der Waals surface area contributed by atoms with Crippen LogP contribution in [0.3, 0.4) is 0 Å². The highest BCUT2D eigenvalue weighted by Crippen LogP contribution is 2.41. The summed E-state index contributed by atoms with van der Waals surface area (Å²) in [5, 5.41) is 11.6. The molecule has 2 aromatic carbocycles. The van der Waals surface area contributed by atoms with E-state index in [9.17, 15) is 9.90 Å². The average molecular weight is 423 g/mol. The zero-order valence-electron chi connectivity index (χ0n) is 18.7. The van der Waals surface area contributed by atoms with Gasteiger partial charge in [-0.3, -0.25) is 0 Å². The van der Waals surface area contributed by atoms with E-state index >= 15 is 0 Å². The summed E-state index contributed by atoms with van der Waals surface area (Å²) in [5.41, 5.74) is 0.480. The van der Waals surface area contributed by atoms with Crippen molar-refractivity contribution in [3.8, 4) is 0 Å². The maximum atomic E-state index is 13.3. The zero-order chi connectivity index (χ0) is 21.7.